The number of aromatic nitrogens is 4. The van der Waals surface area contributed by atoms with Crippen molar-refractivity contribution < 1.29 is 0 Å². The minimum atomic E-state index is 0.642. The first-order valence-corrected chi connectivity index (χ1v) is 18.8. The van der Waals surface area contributed by atoms with Crippen LogP contribution in [-0.4, -0.2) is 19.9 Å². The Bertz CT molecular complexity index is 2910. The lowest BCUT2D eigenvalue weighted by molar-refractivity contribution is 1.07. The largest absolute Gasteiger partial charge is 0.247 e. The number of benzene rings is 8. The molecule has 0 spiro atoms. The maximum atomic E-state index is 5.22. The van der Waals surface area contributed by atoms with E-state index in [-0.39, 0.29) is 0 Å². The van der Waals surface area contributed by atoms with Crippen molar-refractivity contribution in [3.63, 3.8) is 0 Å². The fourth-order valence-electron chi connectivity index (χ4n) is 7.51. The van der Waals surface area contributed by atoms with Crippen LogP contribution in [0.25, 0.3) is 100 Å². The molecular weight excluding hydrogens is 681 g/mol. The number of nitrogens with zero attached hydrogens (tertiary/aromatic N) is 4. The molecule has 2 aromatic heterocycles. The Balaban J connectivity index is 0.993. The Morgan fingerprint density at radius 2 is 0.607 bits per heavy atom. The molecule has 2 heterocycles. The van der Waals surface area contributed by atoms with Gasteiger partial charge in [-0.15, -0.1) is 0 Å². The van der Waals surface area contributed by atoms with Crippen molar-refractivity contribution in [2.75, 3.05) is 0 Å². The van der Waals surface area contributed by atoms with Crippen LogP contribution in [0.15, 0.2) is 206 Å². The summed E-state index contributed by atoms with van der Waals surface area (Å²) in [4.78, 5) is 19.9. The summed E-state index contributed by atoms with van der Waals surface area (Å²) >= 11 is 0. The second kappa shape index (κ2) is 14.3. The highest BCUT2D eigenvalue weighted by atomic mass is 15.0. The molecule has 0 fully saturated rings. The molecule has 0 aliphatic carbocycles. The number of para-hydroxylation sites is 1. The van der Waals surface area contributed by atoms with Crippen molar-refractivity contribution in [1.82, 2.24) is 19.9 Å². The zero-order valence-corrected chi connectivity index (χ0v) is 30.4. The maximum Gasteiger partial charge on any atom is 0.164 e. The molecule has 0 atom stereocenters. The standard InChI is InChI=1S/C52H34N4/c1-4-13-35(14-5-1)36-25-31-40(32-26-36)49-46-21-12-20-44(48(46)45-19-10-11-22-47(45)53-49)39-29-23-37(24-30-39)38-27-33-43(34-28-38)52-55-50(41-15-6-2-7-16-41)54-51(56-52)42-17-8-3-9-18-42/h1-34H. The first-order valence-electron chi connectivity index (χ1n) is 18.8. The quantitative estimate of drug-likeness (QED) is 0.154. The molecule has 0 unspecified atom stereocenters. The van der Waals surface area contributed by atoms with Gasteiger partial charge in [0.1, 0.15) is 0 Å². The lowest BCUT2D eigenvalue weighted by Gasteiger charge is -2.15. The average Bonchev–Trinajstić information content (AvgIpc) is 3.29. The van der Waals surface area contributed by atoms with Gasteiger partial charge < -0.3 is 0 Å². The molecule has 0 aliphatic heterocycles. The predicted molar refractivity (Wildman–Crippen MR) is 231 cm³/mol. The lowest BCUT2D eigenvalue weighted by atomic mass is 9.92. The van der Waals surface area contributed by atoms with E-state index in [0.717, 1.165) is 60.9 Å². The minimum absolute atomic E-state index is 0.642. The zero-order chi connectivity index (χ0) is 37.3. The third-order valence-electron chi connectivity index (χ3n) is 10.4. The monoisotopic (exact) mass is 714 g/mol. The van der Waals surface area contributed by atoms with Crippen molar-refractivity contribution in [2.24, 2.45) is 0 Å². The molecular formula is C52H34N4. The van der Waals surface area contributed by atoms with E-state index >= 15 is 0 Å². The Kier molecular flexibility index (Phi) is 8.47. The van der Waals surface area contributed by atoms with Crippen LogP contribution >= 0.6 is 0 Å². The van der Waals surface area contributed by atoms with Gasteiger partial charge in [-0.2, -0.15) is 0 Å². The van der Waals surface area contributed by atoms with Gasteiger partial charge in [-0.3, -0.25) is 0 Å². The van der Waals surface area contributed by atoms with Gasteiger partial charge in [-0.1, -0.05) is 200 Å². The molecule has 4 nitrogen and oxygen atoms in total. The molecule has 0 N–H and O–H groups in total. The van der Waals surface area contributed by atoms with E-state index < -0.39 is 0 Å². The van der Waals surface area contributed by atoms with Crippen molar-refractivity contribution in [3.05, 3.63) is 206 Å². The Morgan fingerprint density at radius 1 is 0.232 bits per heavy atom. The van der Waals surface area contributed by atoms with Crippen molar-refractivity contribution in [1.29, 1.82) is 0 Å². The molecule has 0 bridgehead atoms. The summed E-state index contributed by atoms with van der Waals surface area (Å²) in [5, 5.41) is 3.49. The van der Waals surface area contributed by atoms with Gasteiger partial charge in [0, 0.05) is 38.4 Å². The van der Waals surface area contributed by atoms with Gasteiger partial charge in [0.05, 0.1) is 11.2 Å². The van der Waals surface area contributed by atoms with Crippen LogP contribution in [0.5, 0.6) is 0 Å². The van der Waals surface area contributed by atoms with Crippen LogP contribution in [0, 0.1) is 0 Å². The van der Waals surface area contributed by atoms with E-state index in [1.165, 1.54) is 22.1 Å². The number of pyridine rings is 1. The van der Waals surface area contributed by atoms with Gasteiger partial charge in [-0.05, 0) is 39.4 Å². The average molecular weight is 715 g/mol. The highest BCUT2D eigenvalue weighted by Crippen LogP contribution is 2.39. The molecule has 8 aromatic carbocycles. The normalized spacial score (nSPS) is 11.2. The lowest BCUT2D eigenvalue weighted by Crippen LogP contribution is -2.00. The summed E-state index contributed by atoms with van der Waals surface area (Å²) in [6, 6.07) is 71.8. The van der Waals surface area contributed by atoms with Gasteiger partial charge in [0.2, 0.25) is 0 Å². The van der Waals surface area contributed by atoms with E-state index in [0.29, 0.717) is 17.5 Å². The van der Waals surface area contributed by atoms with Crippen LogP contribution in [0.2, 0.25) is 0 Å². The fourth-order valence-corrected chi connectivity index (χ4v) is 7.51. The SMILES string of the molecule is c1ccc(-c2ccc(-c3nc4ccccc4c4c(-c5ccc(-c6ccc(-c7nc(-c8ccccc8)nc(-c8ccccc8)n7)cc6)cc5)cccc34)cc2)cc1. The van der Waals surface area contributed by atoms with E-state index in [2.05, 4.69) is 140 Å². The minimum Gasteiger partial charge on any atom is -0.247 e. The van der Waals surface area contributed by atoms with E-state index in [1.807, 2.05) is 66.7 Å². The zero-order valence-electron chi connectivity index (χ0n) is 30.4. The van der Waals surface area contributed by atoms with Crippen LogP contribution in [-0.2, 0) is 0 Å². The van der Waals surface area contributed by atoms with Crippen LogP contribution in [0.1, 0.15) is 0 Å². The van der Waals surface area contributed by atoms with E-state index in [4.69, 9.17) is 19.9 Å². The van der Waals surface area contributed by atoms with Gasteiger partial charge in [0.25, 0.3) is 0 Å². The van der Waals surface area contributed by atoms with Gasteiger partial charge in [0.15, 0.2) is 17.5 Å². The Morgan fingerprint density at radius 3 is 1.14 bits per heavy atom. The van der Waals surface area contributed by atoms with Crippen molar-refractivity contribution in [2.45, 2.75) is 0 Å². The summed E-state index contributed by atoms with van der Waals surface area (Å²) in [6.45, 7) is 0. The third-order valence-corrected chi connectivity index (χ3v) is 10.4. The van der Waals surface area contributed by atoms with Crippen LogP contribution in [0.3, 0.4) is 0 Å². The first-order chi connectivity index (χ1) is 27.7. The molecule has 0 amide bonds. The number of hydrogen-bond acceptors (Lipinski definition) is 4. The van der Waals surface area contributed by atoms with Crippen molar-refractivity contribution >= 4 is 21.7 Å². The third kappa shape index (κ3) is 6.29. The van der Waals surface area contributed by atoms with Gasteiger partial charge in [-0.25, -0.2) is 19.9 Å². The van der Waals surface area contributed by atoms with E-state index in [9.17, 15) is 0 Å². The second-order valence-electron chi connectivity index (χ2n) is 13.8. The molecule has 0 aliphatic rings. The summed E-state index contributed by atoms with van der Waals surface area (Å²) in [6.07, 6.45) is 0. The highest BCUT2D eigenvalue weighted by molar-refractivity contribution is 6.17. The number of rotatable bonds is 7. The summed E-state index contributed by atoms with van der Waals surface area (Å²) in [5.74, 6) is 1.95. The van der Waals surface area contributed by atoms with E-state index in [1.54, 1.807) is 0 Å². The van der Waals surface area contributed by atoms with Crippen LogP contribution < -0.4 is 0 Å². The highest BCUT2D eigenvalue weighted by Gasteiger charge is 2.16. The Labute approximate surface area is 325 Å². The van der Waals surface area contributed by atoms with Gasteiger partial charge >= 0.3 is 0 Å². The molecule has 262 valence electrons. The van der Waals surface area contributed by atoms with Crippen LogP contribution in [0.4, 0.5) is 0 Å². The second-order valence-corrected chi connectivity index (χ2v) is 13.8. The molecule has 10 rings (SSSR count). The number of hydrogen-bond donors (Lipinski definition) is 0. The first kappa shape index (κ1) is 33.0. The maximum absolute atomic E-state index is 5.22. The molecule has 10 aromatic rings. The summed E-state index contributed by atoms with van der Waals surface area (Å²) in [7, 11) is 0. The Hall–Kier alpha value is -7.56. The predicted octanol–water partition coefficient (Wildman–Crippen LogP) is 13.2. The number of fused-ring (bicyclic) bond motifs is 3. The summed E-state index contributed by atoms with van der Waals surface area (Å²) < 4.78 is 0. The molecule has 0 saturated heterocycles. The topological polar surface area (TPSA) is 51.6 Å². The molecule has 0 saturated carbocycles. The smallest absolute Gasteiger partial charge is 0.164 e. The fraction of sp³-hybridized carbons (Fsp3) is 0. The molecule has 4 heteroatoms. The molecule has 0 radical (unpaired) electrons. The molecule has 56 heavy (non-hydrogen) atoms. The van der Waals surface area contributed by atoms with Crippen molar-refractivity contribution in [3.8, 4) is 78.8 Å². The summed E-state index contributed by atoms with van der Waals surface area (Å²) in [5.41, 5.74) is 12.9.